The fourth-order valence-corrected chi connectivity index (χ4v) is 3.14. The quantitative estimate of drug-likeness (QED) is 0.862. The number of hydrogen-bond acceptors (Lipinski definition) is 4. The first-order chi connectivity index (χ1) is 9.86. The molecular formula is C16H25N3O. The van der Waals surface area contributed by atoms with Gasteiger partial charge in [-0.05, 0) is 50.8 Å². The second-order valence-electron chi connectivity index (χ2n) is 6.04. The standard InChI is InChI=1S/C16H25N3O/c1-20-16-14(5-3-9-18-16)12-19(15-6-7-15)11-13-4-2-8-17-10-13/h3,5,9,13,15,17H,2,4,6-8,10-12H2,1H3. The summed E-state index contributed by atoms with van der Waals surface area (Å²) in [5.74, 6) is 1.58. The number of methoxy groups -OCH3 is 1. The maximum absolute atomic E-state index is 5.39. The molecule has 2 fully saturated rings. The fraction of sp³-hybridized carbons (Fsp3) is 0.688. The first-order valence-electron chi connectivity index (χ1n) is 7.79. The Morgan fingerprint density at radius 3 is 3.00 bits per heavy atom. The van der Waals surface area contributed by atoms with Gasteiger partial charge in [0.2, 0.25) is 5.88 Å². The van der Waals surface area contributed by atoms with Crippen molar-refractivity contribution in [3.63, 3.8) is 0 Å². The lowest BCUT2D eigenvalue weighted by Gasteiger charge is -2.30. The molecule has 0 amide bonds. The molecule has 2 aliphatic rings. The molecule has 1 aromatic heterocycles. The van der Waals surface area contributed by atoms with Crippen LogP contribution in [0.5, 0.6) is 5.88 Å². The second kappa shape index (κ2) is 6.55. The van der Waals surface area contributed by atoms with Crippen molar-refractivity contribution in [1.29, 1.82) is 0 Å². The SMILES string of the molecule is COc1ncccc1CN(CC1CCCNC1)C1CC1. The maximum Gasteiger partial charge on any atom is 0.217 e. The molecule has 1 atom stereocenters. The van der Waals surface area contributed by atoms with E-state index in [2.05, 4.69) is 21.3 Å². The van der Waals surface area contributed by atoms with Crippen LogP contribution in [0.1, 0.15) is 31.2 Å². The lowest BCUT2D eigenvalue weighted by molar-refractivity contribution is 0.190. The van der Waals surface area contributed by atoms with E-state index in [0.717, 1.165) is 24.4 Å². The average Bonchev–Trinajstić information content (AvgIpc) is 3.33. The van der Waals surface area contributed by atoms with Crippen molar-refractivity contribution in [2.75, 3.05) is 26.7 Å². The molecule has 1 N–H and O–H groups in total. The summed E-state index contributed by atoms with van der Waals surface area (Å²) in [6.45, 7) is 4.54. The van der Waals surface area contributed by atoms with E-state index in [1.165, 1.54) is 50.9 Å². The molecule has 0 aromatic carbocycles. The van der Waals surface area contributed by atoms with Gasteiger partial charge < -0.3 is 10.1 Å². The highest BCUT2D eigenvalue weighted by Crippen LogP contribution is 2.31. The van der Waals surface area contributed by atoms with Gasteiger partial charge in [-0.2, -0.15) is 0 Å². The number of nitrogens with zero attached hydrogens (tertiary/aromatic N) is 2. The van der Waals surface area contributed by atoms with Crippen molar-refractivity contribution in [3.8, 4) is 5.88 Å². The molecule has 110 valence electrons. The molecule has 1 saturated carbocycles. The molecule has 4 nitrogen and oxygen atoms in total. The van der Waals surface area contributed by atoms with Crippen LogP contribution in [0.25, 0.3) is 0 Å². The van der Waals surface area contributed by atoms with Crippen molar-refractivity contribution in [1.82, 2.24) is 15.2 Å². The van der Waals surface area contributed by atoms with E-state index in [1.807, 2.05) is 6.07 Å². The first-order valence-corrected chi connectivity index (χ1v) is 7.79. The zero-order chi connectivity index (χ0) is 13.8. The van der Waals surface area contributed by atoms with Gasteiger partial charge in [-0.1, -0.05) is 6.07 Å². The summed E-state index contributed by atoms with van der Waals surface area (Å²) < 4.78 is 5.39. The minimum Gasteiger partial charge on any atom is -0.481 e. The van der Waals surface area contributed by atoms with Gasteiger partial charge >= 0.3 is 0 Å². The second-order valence-corrected chi connectivity index (χ2v) is 6.04. The Morgan fingerprint density at radius 2 is 2.30 bits per heavy atom. The Hall–Kier alpha value is -1.13. The van der Waals surface area contributed by atoms with Gasteiger partial charge in [0, 0.05) is 30.9 Å². The molecule has 1 saturated heterocycles. The van der Waals surface area contributed by atoms with E-state index in [0.29, 0.717) is 0 Å². The first kappa shape index (κ1) is 13.8. The minimum atomic E-state index is 0.778. The predicted octanol–water partition coefficient (Wildman–Crippen LogP) is 2.05. The fourth-order valence-electron chi connectivity index (χ4n) is 3.14. The summed E-state index contributed by atoms with van der Waals surface area (Å²) in [6.07, 6.45) is 7.18. The predicted molar refractivity (Wildman–Crippen MR) is 79.8 cm³/mol. The largest absolute Gasteiger partial charge is 0.481 e. The number of piperidine rings is 1. The highest BCUT2D eigenvalue weighted by atomic mass is 16.5. The number of nitrogens with one attached hydrogen (secondary N) is 1. The Morgan fingerprint density at radius 1 is 1.40 bits per heavy atom. The zero-order valence-corrected chi connectivity index (χ0v) is 12.3. The van der Waals surface area contributed by atoms with Crippen LogP contribution in [0.2, 0.25) is 0 Å². The van der Waals surface area contributed by atoms with Gasteiger partial charge in [0.15, 0.2) is 0 Å². The molecule has 0 spiro atoms. The molecular weight excluding hydrogens is 250 g/mol. The molecule has 4 heteroatoms. The van der Waals surface area contributed by atoms with Gasteiger partial charge in [-0.3, -0.25) is 4.90 Å². The molecule has 1 unspecified atom stereocenters. The van der Waals surface area contributed by atoms with E-state index >= 15 is 0 Å². The van der Waals surface area contributed by atoms with Crippen molar-refractivity contribution >= 4 is 0 Å². The number of pyridine rings is 1. The van der Waals surface area contributed by atoms with Crippen molar-refractivity contribution in [2.24, 2.45) is 5.92 Å². The van der Waals surface area contributed by atoms with Gasteiger partial charge in [-0.15, -0.1) is 0 Å². The average molecular weight is 275 g/mol. The van der Waals surface area contributed by atoms with Crippen LogP contribution in [0, 0.1) is 5.92 Å². The summed E-state index contributed by atoms with van der Waals surface area (Å²) in [4.78, 5) is 6.95. The monoisotopic (exact) mass is 275 g/mol. The van der Waals surface area contributed by atoms with Gasteiger partial charge in [0.1, 0.15) is 0 Å². The van der Waals surface area contributed by atoms with Gasteiger partial charge in [0.05, 0.1) is 7.11 Å². The van der Waals surface area contributed by atoms with Crippen LogP contribution < -0.4 is 10.1 Å². The van der Waals surface area contributed by atoms with E-state index in [4.69, 9.17) is 4.74 Å². The summed E-state index contributed by atoms with van der Waals surface area (Å²) >= 11 is 0. The number of ether oxygens (including phenoxy) is 1. The number of aromatic nitrogens is 1. The molecule has 1 aliphatic heterocycles. The molecule has 20 heavy (non-hydrogen) atoms. The van der Waals surface area contributed by atoms with E-state index in [9.17, 15) is 0 Å². The number of rotatable bonds is 6. The van der Waals surface area contributed by atoms with Crippen molar-refractivity contribution < 1.29 is 4.74 Å². The van der Waals surface area contributed by atoms with E-state index in [1.54, 1.807) is 13.3 Å². The van der Waals surface area contributed by atoms with Crippen LogP contribution in [-0.2, 0) is 6.54 Å². The number of hydrogen-bond donors (Lipinski definition) is 1. The van der Waals surface area contributed by atoms with Crippen molar-refractivity contribution in [3.05, 3.63) is 23.9 Å². The lowest BCUT2D eigenvalue weighted by atomic mass is 9.99. The summed E-state index contributed by atoms with van der Waals surface area (Å²) in [5.41, 5.74) is 1.21. The van der Waals surface area contributed by atoms with Crippen LogP contribution in [0.3, 0.4) is 0 Å². The molecule has 1 aliphatic carbocycles. The van der Waals surface area contributed by atoms with Gasteiger partial charge in [-0.25, -0.2) is 4.98 Å². The molecule has 0 bridgehead atoms. The third-order valence-electron chi connectivity index (χ3n) is 4.37. The van der Waals surface area contributed by atoms with Crippen LogP contribution in [-0.4, -0.2) is 42.7 Å². The summed E-state index contributed by atoms with van der Waals surface area (Å²) in [6, 6.07) is 4.92. The van der Waals surface area contributed by atoms with Crippen LogP contribution >= 0.6 is 0 Å². The van der Waals surface area contributed by atoms with E-state index in [-0.39, 0.29) is 0 Å². The molecule has 1 aromatic rings. The highest BCUT2D eigenvalue weighted by Gasteiger charge is 2.31. The van der Waals surface area contributed by atoms with Crippen LogP contribution in [0.4, 0.5) is 0 Å². The lowest BCUT2D eigenvalue weighted by Crippen LogP contribution is -2.39. The third-order valence-corrected chi connectivity index (χ3v) is 4.37. The summed E-state index contributed by atoms with van der Waals surface area (Å²) in [5, 5.41) is 3.52. The highest BCUT2D eigenvalue weighted by molar-refractivity contribution is 5.25. The Bertz CT molecular complexity index is 427. The maximum atomic E-state index is 5.39. The zero-order valence-electron chi connectivity index (χ0n) is 12.3. The third kappa shape index (κ3) is 3.49. The topological polar surface area (TPSA) is 37.4 Å². The van der Waals surface area contributed by atoms with Gasteiger partial charge in [0.25, 0.3) is 0 Å². The molecule has 2 heterocycles. The van der Waals surface area contributed by atoms with Crippen LogP contribution in [0.15, 0.2) is 18.3 Å². The van der Waals surface area contributed by atoms with E-state index < -0.39 is 0 Å². The Balaban J connectivity index is 1.64. The van der Waals surface area contributed by atoms with Crippen molar-refractivity contribution in [2.45, 2.75) is 38.3 Å². The summed E-state index contributed by atoms with van der Waals surface area (Å²) in [7, 11) is 1.71. The molecule has 0 radical (unpaired) electrons. The minimum absolute atomic E-state index is 0.778. The smallest absolute Gasteiger partial charge is 0.217 e. The Labute approximate surface area is 121 Å². The molecule has 3 rings (SSSR count). The Kier molecular flexibility index (Phi) is 4.53. The normalized spacial score (nSPS) is 23.0.